The molecule has 0 aliphatic heterocycles. The molecule has 3 aromatic heterocycles. The molecule has 4 aromatic rings. The summed E-state index contributed by atoms with van der Waals surface area (Å²) in [6, 6.07) is 5.97. The van der Waals surface area contributed by atoms with Gasteiger partial charge in [0.15, 0.2) is 5.65 Å². The molecular formula is C19H12ClF6N5. The van der Waals surface area contributed by atoms with Crippen molar-refractivity contribution in [2.75, 3.05) is 0 Å². The molecule has 12 heteroatoms. The molecule has 0 spiro atoms. The van der Waals surface area contributed by atoms with E-state index in [0.717, 1.165) is 5.56 Å². The highest BCUT2D eigenvalue weighted by Gasteiger charge is 2.43. The molecule has 31 heavy (non-hydrogen) atoms. The highest BCUT2D eigenvalue weighted by Crippen LogP contribution is 2.56. The van der Waals surface area contributed by atoms with Crippen LogP contribution in [0.5, 0.6) is 0 Å². The van der Waals surface area contributed by atoms with Gasteiger partial charge in [-0.05, 0) is 42.0 Å². The predicted octanol–water partition coefficient (Wildman–Crippen LogP) is 5.58. The third kappa shape index (κ3) is 3.60. The fourth-order valence-electron chi connectivity index (χ4n) is 4.02. The Kier molecular flexibility index (Phi) is 4.27. The maximum absolute atomic E-state index is 13.3. The average Bonchev–Trinajstić information content (AvgIpc) is 3.17. The molecule has 5 nitrogen and oxygen atoms in total. The van der Waals surface area contributed by atoms with Gasteiger partial charge in [-0.15, -0.1) is 0 Å². The van der Waals surface area contributed by atoms with Gasteiger partial charge in [0.05, 0.1) is 11.0 Å². The molecule has 1 saturated carbocycles. The standard InChI is InChI=1S/C19H12ClF6N5/c20-15-7-12(16-27-3-4-31(16)29-15)11-6-10(11)9-1-2-13-14(5-9)30(8-18(21,22)23)17(28-13)19(24,25)26/h1-5,7,10-11H,6,8H2/t10-,11+/m1/s1. The van der Waals surface area contributed by atoms with Gasteiger partial charge in [0.25, 0.3) is 0 Å². The first-order valence-electron chi connectivity index (χ1n) is 9.15. The summed E-state index contributed by atoms with van der Waals surface area (Å²) in [7, 11) is 0. The van der Waals surface area contributed by atoms with Crippen LogP contribution in [0.4, 0.5) is 26.3 Å². The Morgan fingerprint density at radius 3 is 2.55 bits per heavy atom. The van der Waals surface area contributed by atoms with Gasteiger partial charge >= 0.3 is 12.4 Å². The quantitative estimate of drug-likeness (QED) is 0.376. The van der Waals surface area contributed by atoms with E-state index in [1.807, 2.05) is 0 Å². The molecular weight excluding hydrogens is 448 g/mol. The van der Waals surface area contributed by atoms with Gasteiger partial charge in [-0.25, -0.2) is 14.5 Å². The van der Waals surface area contributed by atoms with Crippen LogP contribution in [0.25, 0.3) is 16.7 Å². The minimum Gasteiger partial charge on any atom is -0.311 e. The van der Waals surface area contributed by atoms with Crippen molar-refractivity contribution in [1.29, 1.82) is 0 Å². The lowest BCUT2D eigenvalue weighted by atomic mass is 10.0. The first-order chi connectivity index (χ1) is 14.5. The van der Waals surface area contributed by atoms with E-state index in [-0.39, 0.29) is 32.6 Å². The molecule has 0 unspecified atom stereocenters. The number of hydrogen-bond donors (Lipinski definition) is 0. The lowest BCUT2D eigenvalue weighted by Gasteiger charge is -2.13. The van der Waals surface area contributed by atoms with E-state index in [2.05, 4.69) is 15.1 Å². The first kappa shape index (κ1) is 20.1. The summed E-state index contributed by atoms with van der Waals surface area (Å²) < 4.78 is 80.5. The molecule has 3 heterocycles. The molecule has 0 amide bonds. The number of alkyl halides is 6. The Balaban J connectivity index is 1.56. The number of halogens is 7. The summed E-state index contributed by atoms with van der Waals surface area (Å²) >= 11 is 6.07. The first-order valence-corrected chi connectivity index (χ1v) is 9.53. The van der Waals surface area contributed by atoms with Crippen LogP contribution >= 0.6 is 11.6 Å². The van der Waals surface area contributed by atoms with Crippen LogP contribution in [-0.4, -0.2) is 30.3 Å². The zero-order chi connectivity index (χ0) is 22.1. The highest BCUT2D eigenvalue weighted by atomic mass is 35.5. The van der Waals surface area contributed by atoms with Crippen molar-refractivity contribution in [2.24, 2.45) is 0 Å². The molecule has 5 rings (SSSR count). The topological polar surface area (TPSA) is 48.0 Å². The van der Waals surface area contributed by atoms with Crippen LogP contribution in [0.3, 0.4) is 0 Å². The molecule has 0 saturated heterocycles. The molecule has 0 bridgehead atoms. The zero-order valence-electron chi connectivity index (χ0n) is 15.4. The third-order valence-electron chi connectivity index (χ3n) is 5.34. The summed E-state index contributed by atoms with van der Waals surface area (Å²) in [6.45, 7) is -1.77. The normalized spacial score (nSPS) is 19.5. The zero-order valence-corrected chi connectivity index (χ0v) is 16.2. The van der Waals surface area contributed by atoms with Crippen LogP contribution in [0.1, 0.15) is 35.2 Å². The van der Waals surface area contributed by atoms with E-state index in [9.17, 15) is 26.3 Å². The molecule has 1 aliphatic carbocycles. The molecule has 1 aliphatic rings. The summed E-state index contributed by atoms with van der Waals surface area (Å²) in [6.07, 6.45) is -5.96. The van der Waals surface area contributed by atoms with Crippen LogP contribution in [0, 0.1) is 0 Å². The monoisotopic (exact) mass is 459 g/mol. The van der Waals surface area contributed by atoms with Gasteiger partial charge in [0.1, 0.15) is 11.7 Å². The van der Waals surface area contributed by atoms with Crippen molar-refractivity contribution in [3.05, 3.63) is 58.8 Å². The van der Waals surface area contributed by atoms with E-state index in [1.165, 1.54) is 16.6 Å². The van der Waals surface area contributed by atoms with Crippen LogP contribution < -0.4 is 0 Å². The number of rotatable bonds is 3. The Morgan fingerprint density at radius 2 is 1.84 bits per heavy atom. The van der Waals surface area contributed by atoms with Crippen LogP contribution in [0.2, 0.25) is 5.15 Å². The Bertz CT molecular complexity index is 1310. The average molecular weight is 460 g/mol. The number of fused-ring (bicyclic) bond motifs is 2. The summed E-state index contributed by atoms with van der Waals surface area (Å²) in [4.78, 5) is 7.67. The minimum atomic E-state index is -5.01. The number of nitrogens with zero attached hydrogens (tertiary/aromatic N) is 5. The lowest BCUT2D eigenvalue weighted by molar-refractivity contribution is -0.160. The maximum atomic E-state index is 13.3. The second-order valence-electron chi connectivity index (χ2n) is 7.45. The van der Waals surface area contributed by atoms with Gasteiger partial charge < -0.3 is 4.57 Å². The Morgan fingerprint density at radius 1 is 1.06 bits per heavy atom. The van der Waals surface area contributed by atoms with E-state index >= 15 is 0 Å². The van der Waals surface area contributed by atoms with Crippen LogP contribution in [-0.2, 0) is 12.7 Å². The maximum Gasteiger partial charge on any atom is 0.449 e. The Labute approximate surface area is 175 Å². The van der Waals surface area contributed by atoms with E-state index in [0.29, 0.717) is 17.6 Å². The molecule has 1 fully saturated rings. The largest absolute Gasteiger partial charge is 0.449 e. The minimum absolute atomic E-state index is 0.0241. The van der Waals surface area contributed by atoms with Crippen molar-refractivity contribution in [3.63, 3.8) is 0 Å². The van der Waals surface area contributed by atoms with Gasteiger partial charge in [-0.2, -0.15) is 31.4 Å². The van der Waals surface area contributed by atoms with Crippen molar-refractivity contribution >= 4 is 28.3 Å². The number of aromatic nitrogens is 5. The molecule has 162 valence electrons. The summed E-state index contributed by atoms with van der Waals surface area (Å²) in [5.74, 6) is -1.68. The van der Waals surface area contributed by atoms with Gasteiger partial charge in [0, 0.05) is 18.0 Å². The van der Waals surface area contributed by atoms with Crippen molar-refractivity contribution in [2.45, 2.75) is 37.2 Å². The molecule has 1 aromatic carbocycles. The second kappa shape index (κ2) is 6.59. The van der Waals surface area contributed by atoms with E-state index in [4.69, 9.17) is 11.6 Å². The fraction of sp³-hybridized carbons (Fsp3) is 0.316. The lowest BCUT2D eigenvalue weighted by Crippen LogP contribution is -2.23. The molecule has 0 N–H and O–H groups in total. The van der Waals surface area contributed by atoms with E-state index < -0.39 is 24.7 Å². The smallest absolute Gasteiger partial charge is 0.311 e. The van der Waals surface area contributed by atoms with Crippen molar-refractivity contribution < 1.29 is 26.3 Å². The van der Waals surface area contributed by atoms with Gasteiger partial charge in [0.2, 0.25) is 5.82 Å². The highest BCUT2D eigenvalue weighted by molar-refractivity contribution is 6.29. The van der Waals surface area contributed by atoms with Gasteiger partial charge in [-0.3, -0.25) is 0 Å². The molecule has 0 radical (unpaired) electrons. The summed E-state index contributed by atoms with van der Waals surface area (Å²) in [5, 5.41) is 4.38. The SMILES string of the molecule is FC(F)(F)Cn1c(C(F)(F)F)nc2ccc([C@H]3C[C@@H]3c3cc(Cl)nn4ccnc34)cc21. The number of imidazole rings is 2. The fourth-order valence-corrected chi connectivity index (χ4v) is 4.21. The number of hydrogen-bond acceptors (Lipinski definition) is 3. The summed E-state index contributed by atoms with van der Waals surface area (Å²) in [5.41, 5.74) is 1.73. The van der Waals surface area contributed by atoms with Crippen LogP contribution in [0.15, 0.2) is 36.7 Å². The predicted molar refractivity (Wildman–Crippen MR) is 98.9 cm³/mol. The third-order valence-corrected chi connectivity index (χ3v) is 5.52. The van der Waals surface area contributed by atoms with Crippen molar-refractivity contribution in [3.8, 4) is 0 Å². The second-order valence-corrected chi connectivity index (χ2v) is 7.84. The van der Waals surface area contributed by atoms with Crippen molar-refractivity contribution in [1.82, 2.24) is 24.1 Å². The van der Waals surface area contributed by atoms with E-state index in [1.54, 1.807) is 24.5 Å². The number of benzene rings is 1. The Hall–Kier alpha value is -2.82. The molecule has 2 atom stereocenters. The van der Waals surface area contributed by atoms with Gasteiger partial charge in [-0.1, -0.05) is 17.7 Å².